The SMILES string of the molecule is C=CCc1cc(/C=C(\C#N)C(=O)Nc2cccc(C)c2)cc(OCC)c1OCC. The van der Waals surface area contributed by atoms with Gasteiger partial charge in [-0.05, 0) is 68.7 Å². The number of carbonyl (C=O) groups excluding carboxylic acids is 1. The van der Waals surface area contributed by atoms with Crippen molar-refractivity contribution >= 4 is 17.7 Å². The monoisotopic (exact) mass is 390 g/mol. The lowest BCUT2D eigenvalue weighted by atomic mass is 10.0. The molecule has 5 nitrogen and oxygen atoms in total. The zero-order valence-electron chi connectivity index (χ0n) is 17.1. The molecule has 2 aromatic carbocycles. The number of aryl methyl sites for hydroxylation is 1. The topological polar surface area (TPSA) is 71.4 Å². The van der Waals surface area contributed by atoms with E-state index in [0.29, 0.717) is 42.4 Å². The highest BCUT2D eigenvalue weighted by Crippen LogP contribution is 2.34. The molecule has 2 aromatic rings. The van der Waals surface area contributed by atoms with Crippen molar-refractivity contribution in [2.24, 2.45) is 0 Å². The van der Waals surface area contributed by atoms with E-state index in [1.807, 2.05) is 51.1 Å². The third kappa shape index (κ3) is 5.98. The van der Waals surface area contributed by atoms with Crippen molar-refractivity contribution in [2.45, 2.75) is 27.2 Å². The van der Waals surface area contributed by atoms with Gasteiger partial charge in [-0.15, -0.1) is 6.58 Å². The largest absolute Gasteiger partial charge is 0.490 e. The fourth-order valence-corrected chi connectivity index (χ4v) is 2.88. The first-order chi connectivity index (χ1) is 14.0. The molecule has 0 radical (unpaired) electrons. The fourth-order valence-electron chi connectivity index (χ4n) is 2.88. The Morgan fingerprint density at radius 3 is 2.59 bits per heavy atom. The van der Waals surface area contributed by atoms with Crippen molar-refractivity contribution in [1.29, 1.82) is 5.26 Å². The minimum Gasteiger partial charge on any atom is -0.490 e. The van der Waals surface area contributed by atoms with E-state index in [0.717, 1.165) is 11.1 Å². The molecule has 150 valence electrons. The number of ether oxygens (including phenoxy) is 2. The van der Waals surface area contributed by atoms with Gasteiger partial charge in [0, 0.05) is 11.3 Å². The quantitative estimate of drug-likeness (QED) is 0.369. The summed E-state index contributed by atoms with van der Waals surface area (Å²) in [6, 6.07) is 13.1. The summed E-state index contributed by atoms with van der Waals surface area (Å²) in [6.45, 7) is 10.5. The highest BCUT2D eigenvalue weighted by Gasteiger charge is 2.15. The van der Waals surface area contributed by atoms with Crippen molar-refractivity contribution in [3.63, 3.8) is 0 Å². The highest BCUT2D eigenvalue weighted by atomic mass is 16.5. The van der Waals surface area contributed by atoms with Crippen LogP contribution in [0.3, 0.4) is 0 Å². The fraction of sp³-hybridized carbons (Fsp3) is 0.250. The molecular formula is C24H26N2O3. The van der Waals surface area contributed by atoms with Crippen LogP contribution >= 0.6 is 0 Å². The van der Waals surface area contributed by atoms with Gasteiger partial charge in [-0.3, -0.25) is 4.79 Å². The molecule has 0 heterocycles. The number of nitrogens with one attached hydrogen (secondary N) is 1. The molecule has 0 spiro atoms. The Hall–Kier alpha value is -3.52. The maximum Gasteiger partial charge on any atom is 0.266 e. The molecule has 1 amide bonds. The van der Waals surface area contributed by atoms with Crippen LogP contribution in [0.1, 0.15) is 30.5 Å². The van der Waals surface area contributed by atoms with E-state index in [2.05, 4.69) is 11.9 Å². The van der Waals surface area contributed by atoms with Crippen LogP contribution in [0.2, 0.25) is 0 Å². The number of nitriles is 1. The van der Waals surface area contributed by atoms with Crippen molar-refractivity contribution in [3.8, 4) is 17.6 Å². The highest BCUT2D eigenvalue weighted by molar-refractivity contribution is 6.09. The van der Waals surface area contributed by atoms with E-state index in [4.69, 9.17) is 9.47 Å². The van der Waals surface area contributed by atoms with Gasteiger partial charge in [0.1, 0.15) is 11.6 Å². The van der Waals surface area contributed by atoms with Crippen LogP contribution < -0.4 is 14.8 Å². The molecule has 29 heavy (non-hydrogen) atoms. The Bertz CT molecular complexity index is 955. The lowest BCUT2D eigenvalue weighted by Crippen LogP contribution is -2.13. The van der Waals surface area contributed by atoms with Gasteiger partial charge >= 0.3 is 0 Å². The van der Waals surface area contributed by atoms with Gasteiger partial charge in [0.15, 0.2) is 11.5 Å². The number of nitrogens with zero attached hydrogens (tertiary/aromatic N) is 1. The summed E-state index contributed by atoms with van der Waals surface area (Å²) >= 11 is 0. The number of benzene rings is 2. The molecule has 0 bridgehead atoms. The first-order valence-electron chi connectivity index (χ1n) is 9.55. The summed E-state index contributed by atoms with van der Waals surface area (Å²) in [5.41, 5.74) is 3.24. The normalized spacial score (nSPS) is 10.8. The molecular weight excluding hydrogens is 364 g/mol. The smallest absolute Gasteiger partial charge is 0.266 e. The molecule has 1 N–H and O–H groups in total. The second-order valence-corrected chi connectivity index (χ2v) is 6.36. The van der Waals surface area contributed by atoms with Crippen molar-refractivity contribution in [1.82, 2.24) is 0 Å². The Morgan fingerprint density at radius 2 is 1.97 bits per heavy atom. The van der Waals surface area contributed by atoms with Crippen molar-refractivity contribution < 1.29 is 14.3 Å². The molecule has 0 aromatic heterocycles. The van der Waals surface area contributed by atoms with Crippen LogP contribution in [0.15, 0.2) is 54.6 Å². The van der Waals surface area contributed by atoms with Gasteiger partial charge in [-0.2, -0.15) is 5.26 Å². The van der Waals surface area contributed by atoms with Gasteiger partial charge in [-0.1, -0.05) is 18.2 Å². The number of carbonyl (C=O) groups is 1. The van der Waals surface area contributed by atoms with E-state index in [1.54, 1.807) is 24.3 Å². The van der Waals surface area contributed by atoms with Crippen LogP contribution in [-0.4, -0.2) is 19.1 Å². The first-order valence-corrected chi connectivity index (χ1v) is 9.55. The molecule has 0 aliphatic rings. The van der Waals surface area contributed by atoms with Crippen molar-refractivity contribution in [2.75, 3.05) is 18.5 Å². The van der Waals surface area contributed by atoms with E-state index in [1.165, 1.54) is 0 Å². The molecule has 0 fully saturated rings. The lowest BCUT2D eigenvalue weighted by Gasteiger charge is -2.16. The zero-order valence-corrected chi connectivity index (χ0v) is 17.1. The second kappa shape index (κ2) is 10.7. The molecule has 0 unspecified atom stereocenters. The summed E-state index contributed by atoms with van der Waals surface area (Å²) < 4.78 is 11.5. The minimum atomic E-state index is -0.463. The van der Waals surface area contributed by atoms with Crippen LogP contribution in [-0.2, 0) is 11.2 Å². The predicted octanol–water partition coefficient (Wildman–Crippen LogP) is 5.07. The van der Waals surface area contributed by atoms with E-state index in [-0.39, 0.29) is 5.57 Å². The molecule has 2 rings (SSSR count). The average molecular weight is 390 g/mol. The van der Waals surface area contributed by atoms with E-state index >= 15 is 0 Å². The Morgan fingerprint density at radius 1 is 1.21 bits per heavy atom. The predicted molar refractivity (Wildman–Crippen MR) is 116 cm³/mol. The molecule has 0 aliphatic carbocycles. The molecule has 0 saturated heterocycles. The molecule has 0 saturated carbocycles. The third-order valence-corrected chi connectivity index (χ3v) is 4.06. The summed E-state index contributed by atoms with van der Waals surface area (Å²) in [6.07, 6.45) is 3.90. The lowest BCUT2D eigenvalue weighted by molar-refractivity contribution is -0.112. The van der Waals surface area contributed by atoms with Gasteiger partial charge in [0.05, 0.1) is 13.2 Å². The van der Waals surface area contributed by atoms with Crippen LogP contribution in [0.25, 0.3) is 6.08 Å². The summed E-state index contributed by atoms with van der Waals surface area (Å²) in [5, 5.41) is 12.3. The summed E-state index contributed by atoms with van der Waals surface area (Å²) in [5.74, 6) is 0.778. The Balaban J connectivity index is 2.41. The van der Waals surface area contributed by atoms with E-state index in [9.17, 15) is 10.1 Å². The molecule has 0 aliphatic heterocycles. The van der Waals surface area contributed by atoms with Gasteiger partial charge < -0.3 is 14.8 Å². The second-order valence-electron chi connectivity index (χ2n) is 6.36. The molecule has 5 heteroatoms. The summed E-state index contributed by atoms with van der Waals surface area (Å²) in [7, 11) is 0. The maximum absolute atomic E-state index is 12.6. The van der Waals surface area contributed by atoms with E-state index < -0.39 is 5.91 Å². The minimum absolute atomic E-state index is 0.00247. The van der Waals surface area contributed by atoms with Gasteiger partial charge in [0.25, 0.3) is 5.91 Å². The number of hydrogen-bond acceptors (Lipinski definition) is 4. The summed E-state index contributed by atoms with van der Waals surface area (Å²) in [4.78, 5) is 12.6. The number of allylic oxidation sites excluding steroid dienone is 1. The first kappa shape index (κ1) is 21.8. The Labute approximate surface area is 172 Å². The van der Waals surface area contributed by atoms with Crippen LogP contribution in [0, 0.1) is 18.3 Å². The maximum atomic E-state index is 12.6. The molecule has 0 atom stereocenters. The zero-order chi connectivity index (χ0) is 21.2. The number of rotatable bonds is 9. The Kier molecular flexibility index (Phi) is 8.05. The number of hydrogen-bond donors (Lipinski definition) is 1. The third-order valence-electron chi connectivity index (χ3n) is 4.06. The van der Waals surface area contributed by atoms with Crippen LogP contribution in [0.5, 0.6) is 11.5 Å². The van der Waals surface area contributed by atoms with Crippen molar-refractivity contribution in [3.05, 3.63) is 71.3 Å². The standard InChI is InChI=1S/C24H26N2O3/c1-5-9-19-13-18(15-22(28-6-2)23(19)29-7-3)14-20(16-25)24(27)26-21-11-8-10-17(4)12-21/h5,8,10-15H,1,6-7,9H2,2-4H3,(H,26,27)/b20-14+. The average Bonchev–Trinajstić information content (AvgIpc) is 2.69. The van der Waals surface area contributed by atoms with Gasteiger partial charge in [0.2, 0.25) is 0 Å². The van der Waals surface area contributed by atoms with Crippen LogP contribution in [0.4, 0.5) is 5.69 Å². The number of anilines is 1. The number of amides is 1. The van der Waals surface area contributed by atoms with Gasteiger partial charge in [-0.25, -0.2) is 0 Å².